The number of aliphatic hydroxyl groups is 1. The largest absolute Gasteiger partial charge is 0.748 e. The molecule has 0 aliphatic heterocycles. The van der Waals surface area contributed by atoms with Crippen LogP contribution in [0.5, 0.6) is 0 Å². The zero-order valence-electron chi connectivity index (χ0n) is 8.71. The molecule has 0 radical (unpaired) electrons. The van der Waals surface area contributed by atoms with Crippen molar-refractivity contribution >= 4 is 0 Å². The van der Waals surface area contributed by atoms with E-state index in [1.807, 2.05) is 30.3 Å². The Morgan fingerprint density at radius 1 is 0.941 bits per heavy atom. The summed E-state index contributed by atoms with van der Waals surface area (Å²) in [6, 6.07) is 15.4. The van der Waals surface area contributed by atoms with Gasteiger partial charge < -0.3 is 35.4 Å². The maximum atomic E-state index is 11.8. The van der Waals surface area contributed by atoms with Crippen LogP contribution in [0.2, 0.25) is 0 Å². The van der Waals surface area contributed by atoms with Crippen molar-refractivity contribution in [3.63, 3.8) is 0 Å². The zero-order valence-corrected chi connectivity index (χ0v) is 9.81. The summed E-state index contributed by atoms with van der Waals surface area (Å²) < 4.78 is 35.3. The summed E-state index contributed by atoms with van der Waals surface area (Å²) >= 11 is 0. The Hall–Kier alpha value is -1.03. The molecule has 2 aromatic carbocycles. The maximum Gasteiger partial charge on any atom is 0.407 e. The molecular weight excluding hydrogens is 273 g/mol. The van der Waals surface area contributed by atoms with Gasteiger partial charge in [-0.25, -0.2) is 12.1 Å². The van der Waals surface area contributed by atoms with Gasteiger partial charge in [0.05, 0.1) is 0 Å². The molecule has 0 heterocycles. The van der Waals surface area contributed by atoms with E-state index < -0.39 is 12.3 Å². The third-order valence-corrected chi connectivity index (χ3v) is 1.87. The number of hydrogen-bond donors (Lipinski definition) is 1. The monoisotopic (exact) mass is 284 g/mol. The summed E-state index contributed by atoms with van der Waals surface area (Å²) in [7, 11) is 0. The van der Waals surface area contributed by atoms with Gasteiger partial charge in [-0.2, -0.15) is 25.3 Å². The van der Waals surface area contributed by atoms with Crippen LogP contribution < -0.4 is 0 Å². The molecule has 5 heteroatoms. The first-order valence-corrected chi connectivity index (χ1v) is 4.65. The Balaban J connectivity index is 0.000000360. The number of aliphatic hydroxyl groups excluding tert-OH is 1. The van der Waals surface area contributed by atoms with Crippen LogP contribution in [0.3, 0.4) is 0 Å². The second kappa shape index (κ2) is 7.33. The Bertz CT molecular complexity index is 348. The molecule has 0 saturated carbocycles. The van der Waals surface area contributed by atoms with Gasteiger partial charge in [0.25, 0.3) is 0 Å². The van der Waals surface area contributed by atoms with Crippen LogP contribution in [-0.2, 0) is 17.1 Å². The molecule has 0 spiro atoms. The SMILES string of the molecule is OC([c-]1cccc1)C(F)(F)F.[Fe].[cH-]1[cH-][cH-][cH-][cH-]1. The second-order valence-corrected chi connectivity index (χ2v) is 3.12. The van der Waals surface area contributed by atoms with Crippen LogP contribution in [0.4, 0.5) is 13.2 Å². The Kier molecular flexibility index (Phi) is 6.88. The standard InChI is InChI=1S/C7H6F3O.C5H5.Fe/c8-7(9,10)6(11)5-3-1-2-4-5;1-2-4-5-3-1;/h1-4,6,11H;1-5H;/q-1;-5;. The molecule has 100 valence electrons. The summed E-state index contributed by atoms with van der Waals surface area (Å²) in [6.45, 7) is 0. The molecule has 1 nitrogen and oxygen atoms in total. The molecule has 1 atom stereocenters. The molecule has 1 unspecified atom stereocenters. The van der Waals surface area contributed by atoms with Crippen molar-refractivity contribution in [3.05, 3.63) is 60.2 Å². The molecule has 0 bridgehead atoms. The quantitative estimate of drug-likeness (QED) is 0.628. The van der Waals surface area contributed by atoms with Gasteiger partial charge in [0.1, 0.15) is 6.10 Å². The average Bonchev–Trinajstić information content (AvgIpc) is 2.91. The maximum absolute atomic E-state index is 11.8. The van der Waals surface area contributed by atoms with E-state index in [-0.39, 0.29) is 22.6 Å². The molecule has 0 fully saturated rings. The van der Waals surface area contributed by atoms with E-state index in [4.69, 9.17) is 5.11 Å². The van der Waals surface area contributed by atoms with E-state index in [0.717, 1.165) is 0 Å². The molecule has 0 aromatic heterocycles. The number of hydrogen-bond acceptors (Lipinski definition) is 1. The molecule has 0 amide bonds. The molecule has 0 aliphatic carbocycles. The summed E-state index contributed by atoms with van der Waals surface area (Å²) in [5.41, 5.74) is -0.113. The minimum atomic E-state index is -4.56. The van der Waals surface area contributed by atoms with Crippen LogP contribution in [0, 0.1) is 0 Å². The van der Waals surface area contributed by atoms with Crippen LogP contribution >= 0.6 is 0 Å². The number of alkyl halides is 3. The number of rotatable bonds is 1. The van der Waals surface area contributed by atoms with E-state index in [0.29, 0.717) is 0 Å². The molecule has 0 saturated heterocycles. The Morgan fingerprint density at radius 3 is 1.59 bits per heavy atom. The van der Waals surface area contributed by atoms with Crippen molar-refractivity contribution in [2.75, 3.05) is 0 Å². The molecule has 2 rings (SSSR count). The topological polar surface area (TPSA) is 20.2 Å². The van der Waals surface area contributed by atoms with Gasteiger partial charge in [-0.05, 0) is 0 Å². The minimum Gasteiger partial charge on any atom is -0.748 e. The first kappa shape index (κ1) is 16.0. The predicted octanol–water partition coefficient (Wildman–Crippen LogP) is 3.40. The van der Waals surface area contributed by atoms with Crippen LogP contribution in [0.15, 0.2) is 54.6 Å². The molecule has 1 N–H and O–H groups in total. The van der Waals surface area contributed by atoms with Gasteiger partial charge in [-0.15, -0.1) is 5.56 Å². The smallest absolute Gasteiger partial charge is 0.407 e. The normalized spacial score (nSPS) is 12.0. The van der Waals surface area contributed by atoms with Crippen LogP contribution in [-0.4, -0.2) is 11.3 Å². The average molecular weight is 284 g/mol. The Morgan fingerprint density at radius 2 is 1.29 bits per heavy atom. The summed E-state index contributed by atoms with van der Waals surface area (Å²) in [6.07, 6.45) is -6.91. The van der Waals surface area contributed by atoms with Crippen LogP contribution in [0.25, 0.3) is 0 Å². The van der Waals surface area contributed by atoms with Crippen molar-refractivity contribution in [3.8, 4) is 0 Å². The fraction of sp³-hybridized carbons (Fsp3) is 0.167. The van der Waals surface area contributed by atoms with Gasteiger partial charge in [0.15, 0.2) is 0 Å². The first-order valence-electron chi connectivity index (χ1n) is 4.65. The number of halogens is 3. The van der Waals surface area contributed by atoms with Gasteiger partial charge in [0.2, 0.25) is 0 Å². The van der Waals surface area contributed by atoms with E-state index in [1.54, 1.807) is 0 Å². The minimum absolute atomic E-state index is 0. The summed E-state index contributed by atoms with van der Waals surface area (Å²) in [5, 5.41) is 8.62. The summed E-state index contributed by atoms with van der Waals surface area (Å²) in [5.74, 6) is 0. The van der Waals surface area contributed by atoms with Crippen molar-refractivity contribution in [1.82, 2.24) is 0 Å². The second-order valence-electron chi connectivity index (χ2n) is 3.12. The van der Waals surface area contributed by atoms with E-state index >= 15 is 0 Å². The molecule has 17 heavy (non-hydrogen) atoms. The predicted molar refractivity (Wildman–Crippen MR) is 55.1 cm³/mol. The van der Waals surface area contributed by atoms with E-state index in [9.17, 15) is 13.2 Å². The molecule has 0 aliphatic rings. The summed E-state index contributed by atoms with van der Waals surface area (Å²) in [4.78, 5) is 0. The van der Waals surface area contributed by atoms with Gasteiger partial charge in [0, 0.05) is 17.1 Å². The van der Waals surface area contributed by atoms with E-state index in [1.165, 1.54) is 24.3 Å². The van der Waals surface area contributed by atoms with Crippen LogP contribution in [0.1, 0.15) is 11.7 Å². The van der Waals surface area contributed by atoms with Gasteiger partial charge in [-0.1, -0.05) is 0 Å². The Labute approximate surface area is 108 Å². The zero-order chi connectivity index (χ0) is 12.0. The van der Waals surface area contributed by atoms with Crippen molar-refractivity contribution in [1.29, 1.82) is 0 Å². The van der Waals surface area contributed by atoms with Gasteiger partial charge in [-0.3, -0.25) is 0 Å². The van der Waals surface area contributed by atoms with Gasteiger partial charge >= 0.3 is 6.18 Å². The van der Waals surface area contributed by atoms with Crippen molar-refractivity contribution < 1.29 is 35.3 Å². The van der Waals surface area contributed by atoms with Crippen molar-refractivity contribution in [2.45, 2.75) is 12.3 Å². The first-order chi connectivity index (χ1) is 7.52. The third-order valence-electron chi connectivity index (χ3n) is 1.87. The fourth-order valence-electron chi connectivity index (χ4n) is 1.08. The molecule has 2 aromatic rings. The van der Waals surface area contributed by atoms with Crippen molar-refractivity contribution in [2.24, 2.45) is 0 Å². The third kappa shape index (κ3) is 5.73. The molecular formula is C12H11F3FeO-6. The van der Waals surface area contributed by atoms with E-state index in [2.05, 4.69) is 0 Å². The fourth-order valence-corrected chi connectivity index (χ4v) is 1.08.